The molecule has 2 heteroatoms. The molecule has 0 spiro atoms. The maximum absolute atomic E-state index is 3.73. The lowest BCUT2D eigenvalue weighted by Gasteiger charge is -2.47. The summed E-state index contributed by atoms with van der Waals surface area (Å²) < 4.78 is 0. The van der Waals surface area contributed by atoms with Crippen LogP contribution in [0.1, 0.15) is 32.1 Å². The van der Waals surface area contributed by atoms with E-state index in [1.807, 2.05) is 6.08 Å². The average molecular weight is 196 g/mol. The van der Waals surface area contributed by atoms with Crippen molar-refractivity contribution >= 4 is 0 Å². The van der Waals surface area contributed by atoms with Crippen LogP contribution in [-0.2, 0) is 0 Å². The number of rotatable bonds is 7. The van der Waals surface area contributed by atoms with Gasteiger partial charge in [-0.2, -0.15) is 0 Å². The first-order valence-electron chi connectivity index (χ1n) is 5.70. The number of nitrogens with one attached hydrogen (secondary N) is 1. The zero-order valence-corrected chi connectivity index (χ0v) is 9.68. The van der Waals surface area contributed by atoms with E-state index in [1.165, 1.54) is 25.7 Å². The summed E-state index contributed by atoms with van der Waals surface area (Å²) in [6.07, 6.45) is 8.44. The van der Waals surface area contributed by atoms with Crippen molar-refractivity contribution in [3.63, 3.8) is 0 Å². The summed E-state index contributed by atoms with van der Waals surface area (Å²) in [5.74, 6) is 0. The van der Waals surface area contributed by atoms with Crippen molar-refractivity contribution in [2.75, 3.05) is 27.2 Å². The lowest BCUT2D eigenvalue weighted by molar-refractivity contribution is 0.0603. The minimum atomic E-state index is 0.466. The Kier molecular flexibility index (Phi) is 4.63. The van der Waals surface area contributed by atoms with Gasteiger partial charge in [-0.15, -0.1) is 6.58 Å². The Hall–Kier alpha value is -0.340. The number of allylic oxidation sites excluding steroid dienone is 1. The summed E-state index contributed by atoms with van der Waals surface area (Å²) in [5.41, 5.74) is 0.466. The predicted octanol–water partition coefficient (Wildman–Crippen LogP) is 2.03. The van der Waals surface area contributed by atoms with Crippen molar-refractivity contribution < 1.29 is 0 Å². The molecule has 1 aliphatic carbocycles. The van der Waals surface area contributed by atoms with Crippen LogP contribution in [0, 0.1) is 0 Å². The molecule has 14 heavy (non-hydrogen) atoms. The van der Waals surface area contributed by atoms with Gasteiger partial charge in [0.05, 0.1) is 0 Å². The van der Waals surface area contributed by atoms with Gasteiger partial charge in [0.1, 0.15) is 0 Å². The first-order valence-corrected chi connectivity index (χ1v) is 5.70. The number of unbranched alkanes of at least 4 members (excludes halogenated alkanes) is 1. The molecule has 1 saturated carbocycles. The largest absolute Gasteiger partial charge is 0.315 e. The van der Waals surface area contributed by atoms with Gasteiger partial charge in [0.15, 0.2) is 0 Å². The smallest absolute Gasteiger partial charge is 0.0327 e. The van der Waals surface area contributed by atoms with Gasteiger partial charge in [-0.05, 0) is 52.7 Å². The minimum Gasteiger partial charge on any atom is -0.315 e. The topological polar surface area (TPSA) is 15.3 Å². The van der Waals surface area contributed by atoms with Gasteiger partial charge in [0.2, 0.25) is 0 Å². The average Bonchev–Trinajstić information content (AvgIpc) is 2.07. The van der Waals surface area contributed by atoms with Crippen molar-refractivity contribution in [2.24, 2.45) is 0 Å². The highest BCUT2D eigenvalue weighted by atomic mass is 15.2. The minimum absolute atomic E-state index is 0.466. The Morgan fingerprint density at radius 1 is 1.43 bits per heavy atom. The van der Waals surface area contributed by atoms with E-state index < -0.39 is 0 Å². The summed E-state index contributed by atoms with van der Waals surface area (Å²) in [5, 5.41) is 3.55. The molecule has 0 aromatic rings. The second-order valence-electron chi connectivity index (χ2n) is 4.58. The normalized spacial score (nSPS) is 19.4. The summed E-state index contributed by atoms with van der Waals surface area (Å²) >= 11 is 0. The van der Waals surface area contributed by atoms with Gasteiger partial charge in [0.25, 0.3) is 0 Å². The molecule has 0 aromatic carbocycles. The Morgan fingerprint density at radius 3 is 2.57 bits per heavy atom. The third kappa shape index (κ3) is 2.82. The van der Waals surface area contributed by atoms with Crippen LogP contribution in [0.3, 0.4) is 0 Å². The van der Waals surface area contributed by atoms with Gasteiger partial charge in [-0.25, -0.2) is 0 Å². The van der Waals surface area contributed by atoms with Crippen LogP contribution in [-0.4, -0.2) is 37.6 Å². The van der Waals surface area contributed by atoms with Crippen LogP contribution in [0.4, 0.5) is 0 Å². The highest BCUT2D eigenvalue weighted by Crippen LogP contribution is 2.35. The highest BCUT2D eigenvalue weighted by molar-refractivity contribution is 4.97. The maximum Gasteiger partial charge on any atom is 0.0327 e. The maximum atomic E-state index is 3.73. The van der Waals surface area contributed by atoms with Crippen LogP contribution < -0.4 is 5.32 Å². The second-order valence-corrected chi connectivity index (χ2v) is 4.58. The standard InChI is InChI=1S/C12H24N2/c1-4-5-6-10-13-11-12(14(2)3)8-7-9-12/h4,13H,1,5-11H2,2-3H3. The Labute approximate surface area is 88.4 Å². The number of likely N-dealkylation sites (N-methyl/N-ethyl adjacent to an activating group) is 1. The van der Waals surface area contributed by atoms with E-state index in [-0.39, 0.29) is 0 Å². The molecule has 0 heterocycles. The lowest BCUT2D eigenvalue weighted by Crippen LogP contribution is -2.56. The molecule has 2 nitrogen and oxygen atoms in total. The SMILES string of the molecule is C=CCCCNCC1(N(C)C)CCC1. The van der Waals surface area contributed by atoms with Gasteiger partial charge >= 0.3 is 0 Å². The van der Waals surface area contributed by atoms with Crippen LogP contribution in [0.25, 0.3) is 0 Å². The van der Waals surface area contributed by atoms with E-state index >= 15 is 0 Å². The predicted molar refractivity (Wildman–Crippen MR) is 62.6 cm³/mol. The molecule has 0 bridgehead atoms. The summed E-state index contributed by atoms with van der Waals surface area (Å²) in [6, 6.07) is 0. The van der Waals surface area contributed by atoms with E-state index in [9.17, 15) is 0 Å². The molecule has 1 aliphatic rings. The zero-order valence-electron chi connectivity index (χ0n) is 9.68. The lowest BCUT2D eigenvalue weighted by atomic mass is 9.75. The molecule has 0 unspecified atom stereocenters. The van der Waals surface area contributed by atoms with Gasteiger partial charge < -0.3 is 10.2 Å². The van der Waals surface area contributed by atoms with Crippen LogP contribution in [0.15, 0.2) is 12.7 Å². The Morgan fingerprint density at radius 2 is 2.14 bits per heavy atom. The zero-order chi connectivity index (χ0) is 10.4. The molecule has 82 valence electrons. The van der Waals surface area contributed by atoms with Gasteiger partial charge in [0, 0.05) is 12.1 Å². The molecule has 0 amide bonds. The highest BCUT2D eigenvalue weighted by Gasteiger charge is 2.38. The van der Waals surface area contributed by atoms with E-state index in [0.29, 0.717) is 5.54 Å². The summed E-state index contributed by atoms with van der Waals surface area (Å²) in [7, 11) is 4.40. The molecule has 0 aliphatic heterocycles. The van der Waals surface area contributed by atoms with E-state index in [0.717, 1.165) is 19.5 Å². The van der Waals surface area contributed by atoms with E-state index in [2.05, 4.69) is 30.9 Å². The second kappa shape index (κ2) is 5.52. The first-order chi connectivity index (χ1) is 6.71. The fourth-order valence-corrected chi connectivity index (χ4v) is 2.06. The molecule has 0 radical (unpaired) electrons. The van der Waals surface area contributed by atoms with Gasteiger partial charge in [-0.1, -0.05) is 6.08 Å². The van der Waals surface area contributed by atoms with Crippen molar-refractivity contribution in [1.29, 1.82) is 0 Å². The molecule has 1 rings (SSSR count). The van der Waals surface area contributed by atoms with Crippen molar-refractivity contribution in [3.05, 3.63) is 12.7 Å². The molecular weight excluding hydrogens is 172 g/mol. The van der Waals surface area contributed by atoms with Crippen molar-refractivity contribution in [3.8, 4) is 0 Å². The fourth-order valence-electron chi connectivity index (χ4n) is 2.06. The summed E-state index contributed by atoms with van der Waals surface area (Å²) in [4.78, 5) is 2.39. The van der Waals surface area contributed by atoms with Crippen LogP contribution in [0.5, 0.6) is 0 Å². The van der Waals surface area contributed by atoms with Crippen LogP contribution >= 0.6 is 0 Å². The van der Waals surface area contributed by atoms with Crippen molar-refractivity contribution in [1.82, 2.24) is 10.2 Å². The Balaban J connectivity index is 2.12. The van der Waals surface area contributed by atoms with E-state index in [4.69, 9.17) is 0 Å². The quantitative estimate of drug-likeness (QED) is 0.495. The molecule has 1 N–H and O–H groups in total. The fraction of sp³-hybridized carbons (Fsp3) is 0.833. The number of hydrogen-bond acceptors (Lipinski definition) is 2. The molecule has 0 aromatic heterocycles. The molecular formula is C12H24N2. The number of hydrogen-bond donors (Lipinski definition) is 1. The van der Waals surface area contributed by atoms with Crippen LogP contribution in [0.2, 0.25) is 0 Å². The Bertz CT molecular complexity index is 171. The molecule has 0 saturated heterocycles. The molecule has 0 atom stereocenters. The van der Waals surface area contributed by atoms with E-state index in [1.54, 1.807) is 0 Å². The first kappa shape index (κ1) is 11.7. The number of nitrogens with zero attached hydrogens (tertiary/aromatic N) is 1. The monoisotopic (exact) mass is 196 g/mol. The van der Waals surface area contributed by atoms with Gasteiger partial charge in [-0.3, -0.25) is 0 Å². The molecule has 1 fully saturated rings. The third-order valence-corrected chi connectivity index (χ3v) is 3.45. The summed E-state index contributed by atoms with van der Waals surface area (Å²) in [6.45, 7) is 6.00. The third-order valence-electron chi connectivity index (χ3n) is 3.45. The van der Waals surface area contributed by atoms with Crippen molar-refractivity contribution in [2.45, 2.75) is 37.6 Å².